The summed E-state index contributed by atoms with van der Waals surface area (Å²) in [6, 6.07) is 2.79. The SMILES string of the molecule is CS(=O)(=O)c1cc(C(=O)CO)cc([N+](=O)[O-])c1. The molecule has 1 rings (SSSR count). The van der Waals surface area contributed by atoms with Crippen molar-refractivity contribution in [2.24, 2.45) is 0 Å². The number of Topliss-reactive ketones (excluding diaryl/α,β-unsaturated/α-hetero) is 1. The molecule has 0 aromatic heterocycles. The average Bonchev–Trinajstić information content (AvgIpc) is 2.26. The molecule has 1 aromatic rings. The van der Waals surface area contributed by atoms with Gasteiger partial charge in [-0.25, -0.2) is 8.42 Å². The quantitative estimate of drug-likeness (QED) is 0.468. The second-order valence-electron chi connectivity index (χ2n) is 3.33. The van der Waals surface area contributed by atoms with E-state index in [2.05, 4.69) is 0 Å². The normalized spacial score (nSPS) is 11.2. The van der Waals surface area contributed by atoms with E-state index < -0.39 is 32.8 Å². The number of ketones is 1. The molecule has 0 amide bonds. The molecule has 0 radical (unpaired) electrons. The van der Waals surface area contributed by atoms with E-state index in [-0.39, 0.29) is 10.5 Å². The van der Waals surface area contributed by atoms with Crippen LogP contribution in [0.1, 0.15) is 10.4 Å². The van der Waals surface area contributed by atoms with E-state index in [1.165, 1.54) is 0 Å². The maximum absolute atomic E-state index is 11.3. The van der Waals surface area contributed by atoms with Crippen LogP contribution in [0.5, 0.6) is 0 Å². The van der Waals surface area contributed by atoms with Gasteiger partial charge in [0.2, 0.25) is 0 Å². The van der Waals surface area contributed by atoms with Gasteiger partial charge in [0, 0.05) is 24.0 Å². The number of rotatable bonds is 4. The van der Waals surface area contributed by atoms with E-state index in [1.54, 1.807) is 0 Å². The third-order valence-corrected chi connectivity index (χ3v) is 3.09. The molecule has 0 spiro atoms. The number of aliphatic hydroxyl groups is 1. The number of aliphatic hydroxyl groups excluding tert-OH is 1. The lowest BCUT2D eigenvalue weighted by molar-refractivity contribution is -0.385. The number of nitrogens with zero attached hydrogens (tertiary/aromatic N) is 1. The number of nitro benzene ring substituents is 1. The van der Waals surface area contributed by atoms with Gasteiger partial charge in [-0.05, 0) is 6.07 Å². The number of hydrogen-bond donors (Lipinski definition) is 1. The fourth-order valence-electron chi connectivity index (χ4n) is 1.16. The van der Waals surface area contributed by atoms with Gasteiger partial charge in [0.15, 0.2) is 15.6 Å². The molecule has 0 heterocycles. The highest BCUT2D eigenvalue weighted by atomic mass is 32.2. The highest BCUT2D eigenvalue weighted by Gasteiger charge is 2.18. The summed E-state index contributed by atoms with van der Waals surface area (Å²) in [6.07, 6.45) is 0.874. The molecule has 92 valence electrons. The summed E-state index contributed by atoms with van der Waals surface area (Å²) in [7, 11) is -3.66. The molecule has 1 aromatic carbocycles. The Morgan fingerprint density at radius 1 is 1.41 bits per heavy atom. The zero-order chi connectivity index (χ0) is 13.2. The fourth-order valence-corrected chi connectivity index (χ4v) is 1.83. The van der Waals surface area contributed by atoms with Crippen LogP contribution < -0.4 is 0 Å². The molecule has 0 saturated carbocycles. The number of hydrogen-bond acceptors (Lipinski definition) is 6. The second kappa shape index (κ2) is 4.60. The van der Waals surface area contributed by atoms with Crippen LogP contribution in [0.2, 0.25) is 0 Å². The van der Waals surface area contributed by atoms with Crippen molar-refractivity contribution in [3.05, 3.63) is 33.9 Å². The van der Waals surface area contributed by atoms with E-state index in [9.17, 15) is 23.3 Å². The van der Waals surface area contributed by atoms with Crippen molar-refractivity contribution in [1.29, 1.82) is 0 Å². The zero-order valence-corrected chi connectivity index (χ0v) is 9.60. The Labute approximate surface area is 96.8 Å². The zero-order valence-electron chi connectivity index (χ0n) is 8.78. The van der Waals surface area contributed by atoms with Crippen LogP contribution in [-0.2, 0) is 9.84 Å². The molecule has 0 bridgehead atoms. The third-order valence-electron chi connectivity index (χ3n) is 2.00. The van der Waals surface area contributed by atoms with E-state index in [4.69, 9.17) is 5.11 Å². The second-order valence-corrected chi connectivity index (χ2v) is 5.34. The molecular formula is C9H9NO6S. The minimum Gasteiger partial charge on any atom is -0.388 e. The minimum atomic E-state index is -3.66. The van der Waals surface area contributed by atoms with Crippen LogP contribution in [0.3, 0.4) is 0 Å². The first-order valence-corrected chi connectivity index (χ1v) is 6.28. The third kappa shape index (κ3) is 3.08. The molecule has 0 atom stereocenters. The lowest BCUT2D eigenvalue weighted by atomic mass is 10.1. The van der Waals surface area contributed by atoms with Crippen LogP contribution in [0.25, 0.3) is 0 Å². The highest BCUT2D eigenvalue weighted by molar-refractivity contribution is 7.90. The first-order valence-electron chi connectivity index (χ1n) is 4.39. The van der Waals surface area contributed by atoms with Crippen LogP contribution in [0, 0.1) is 10.1 Å². The van der Waals surface area contributed by atoms with Crippen LogP contribution in [0.4, 0.5) is 5.69 Å². The number of carbonyl (C=O) groups is 1. The number of non-ortho nitro benzene ring substituents is 1. The summed E-state index contributed by atoms with van der Waals surface area (Å²) in [4.78, 5) is 20.6. The van der Waals surface area contributed by atoms with Crippen molar-refractivity contribution >= 4 is 21.3 Å². The van der Waals surface area contributed by atoms with E-state index in [0.29, 0.717) is 0 Å². The summed E-state index contributed by atoms with van der Waals surface area (Å²) < 4.78 is 22.5. The van der Waals surface area contributed by atoms with Gasteiger partial charge in [0.05, 0.1) is 9.82 Å². The van der Waals surface area contributed by atoms with Crippen LogP contribution >= 0.6 is 0 Å². The van der Waals surface area contributed by atoms with Gasteiger partial charge >= 0.3 is 0 Å². The molecule has 0 saturated heterocycles. The Bertz CT molecular complexity index is 577. The Morgan fingerprint density at radius 2 is 2.00 bits per heavy atom. The predicted octanol–water partition coefficient (Wildman–Crippen LogP) is 0.173. The maximum atomic E-state index is 11.3. The van der Waals surface area contributed by atoms with Gasteiger partial charge < -0.3 is 5.11 Å². The number of nitro groups is 1. The molecular weight excluding hydrogens is 250 g/mol. The predicted molar refractivity (Wildman–Crippen MR) is 57.6 cm³/mol. The smallest absolute Gasteiger partial charge is 0.271 e. The number of sulfone groups is 1. The van der Waals surface area contributed by atoms with Crippen LogP contribution in [-0.4, -0.2) is 37.1 Å². The van der Waals surface area contributed by atoms with Crippen molar-refractivity contribution in [3.8, 4) is 0 Å². The van der Waals surface area contributed by atoms with Crippen molar-refractivity contribution in [2.45, 2.75) is 4.90 Å². The largest absolute Gasteiger partial charge is 0.388 e. The van der Waals surface area contributed by atoms with E-state index in [1.807, 2.05) is 0 Å². The summed E-state index contributed by atoms with van der Waals surface area (Å²) >= 11 is 0. The Hall–Kier alpha value is -1.80. The van der Waals surface area contributed by atoms with Crippen molar-refractivity contribution in [1.82, 2.24) is 0 Å². The first kappa shape index (κ1) is 13.3. The molecule has 0 aliphatic carbocycles. The Balaban J connectivity index is 3.50. The van der Waals surface area contributed by atoms with Crippen molar-refractivity contribution in [2.75, 3.05) is 12.9 Å². The maximum Gasteiger partial charge on any atom is 0.271 e. The lowest BCUT2D eigenvalue weighted by Gasteiger charge is -2.02. The van der Waals surface area contributed by atoms with Gasteiger partial charge in [-0.15, -0.1) is 0 Å². The van der Waals surface area contributed by atoms with E-state index in [0.717, 1.165) is 24.5 Å². The lowest BCUT2D eigenvalue weighted by Crippen LogP contribution is -2.07. The molecule has 0 fully saturated rings. The molecule has 0 aliphatic rings. The average molecular weight is 259 g/mol. The molecule has 0 aliphatic heterocycles. The minimum absolute atomic E-state index is 0.206. The van der Waals surface area contributed by atoms with Gasteiger partial charge in [-0.1, -0.05) is 0 Å². The highest BCUT2D eigenvalue weighted by Crippen LogP contribution is 2.21. The van der Waals surface area contributed by atoms with Gasteiger partial charge in [-0.3, -0.25) is 14.9 Å². The van der Waals surface area contributed by atoms with Gasteiger partial charge in [0.1, 0.15) is 6.61 Å². The summed E-state index contributed by atoms with van der Waals surface area (Å²) in [5, 5.41) is 19.2. The van der Waals surface area contributed by atoms with Crippen molar-refractivity contribution in [3.63, 3.8) is 0 Å². The first-order chi connectivity index (χ1) is 7.75. The van der Waals surface area contributed by atoms with Crippen molar-refractivity contribution < 1.29 is 23.2 Å². The molecule has 1 N–H and O–H groups in total. The molecule has 8 heteroatoms. The molecule has 0 unspecified atom stereocenters. The van der Waals surface area contributed by atoms with Crippen LogP contribution in [0.15, 0.2) is 23.1 Å². The Kier molecular flexibility index (Phi) is 3.59. The number of benzene rings is 1. The number of carbonyl (C=O) groups excluding carboxylic acids is 1. The summed E-state index contributed by atoms with van der Waals surface area (Å²) in [5.41, 5.74) is -0.716. The van der Waals surface area contributed by atoms with Gasteiger partial charge in [-0.2, -0.15) is 0 Å². The monoisotopic (exact) mass is 259 g/mol. The van der Waals surface area contributed by atoms with E-state index >= 15 is 0 Å². The molecule has 17 heavy (non-hydrogen) atoms. The summed E-state index contributed by atoms with van der Waals surface area (Å²) in [6.45, 7) is -0.843. The topological polar surface area (TPSA) is 115 Å². The molecule has 7 nitrogen and oxygen atoms in total. The fraction of sp³-hybridized carbons (Fsp3) is 0.222. The van der Waals surface area contributed by atoms with Gasteiger partial charge in [0.25, 0.3) is 5.69 Å². The standard InChI is InChI=1S/C9H9NO6S/c1-17(15,16)8-3-6(9(12)5-11)2-7(4-8)10(13)14/h2-4,11H,5H2,1H3. The summed E-state index contributed by atoms with van der Waals surface area (Å²) in [5.74, 6) is -0.779. The Morgan fingerprint density at radius 3 is 2.41 bits per heavy atom.